The second-order valence-corrected chi connectivity index (χ2v) is 7.79. The number of hydrogen-bond acceptors (Lipinski definition) is 5. The van der Waals surface area contributed by atoms with Crippen LogP contribution in [0.5, 0.6) is 0 Å². The zero-order chi connectivity index (χ0) is 19.4. The number of aryl methyl sites for hydroxylation is 2. The highest BCUT2D eigenvalue weighted by atomic mass is 32.2. The van der Waals surface area contributed by atoms with E-state index in [4.69, 9.17) is 5.73 Å². The molecule has 7 heteroatoms. The average Bonchev–Trinajstić information content (AvgIpc) is 2.63. The van der Waals surface area contributed by atoms with Crippen LogP contribution in [0.2, 0.25) is 0 Å². The maximum Gasteiger partial charge on any atom is 0.252 e. The van der Waals surface area contributed by atoms with Gasteiger partial charge in [0.15, 0.2) is 0 Å². The van der Waals surface area contributed by atoms with Crippen molar-refractivity contribution in [2.75, 3.05) is 0 Å². The summed E-state index contributed by atoms with van der Waals surface area (Å²) in [6.45, 7) is 4.00. The van der Waals surface area contributed by atoms with Gasteiger partial charge in [-0.3, -0.25) is 14.9 Å². The fourth-order valence-electron chi connectivity index (χ4n) is 2.85. The molecule has 1 fully saturated rings. The third kappa shape index (κ3) is 5.09. The van der Waals surface area contributed by atoms with Gasteiger partial charge in [-0.15, -0.1) is 11.8 Å². The van der Waals surface area contributed by atoms with Crippen LogP contribution in [0.1, 0.15) is 27.0 Å². The number of thioether (sulfide) groups is 1. The summed E-state index contributed by atoms with van der Waals surface area (Å²) in [5, 5.41) is 8.72. The highest BCUT2D eigenvalue weighted by molar-refractivity contribution is 7.99. The molecule has 1 heterocycles. The topological polar surface area (TPSA) is 96.2 Å². The minimum absolute atomic E-state index is 0.288. The van der Waals surface area contributed by atoms with Crippen LogP contribution in [-0.4, -0.2) is 29.5 Å². The lowest BCUT2D eigenvalue weighted by atomic mass is 10.1. The Kier molecular flexibility index (Phi) is 6.15. The fourth-order valence-corrected chi connectivity index (χ4v) is 3.84. The van der Waals surface area contributed by atoms with Crippen molar-refractivity contribution in [1.82, 2.24) is 16.0 Å². The summed E-state index contributed by atoms with van der Waals surface area (Å²) in [6.07, 6.45) is -0.664. The van der Waals surface area contributed by atoms with Gasteiger partial charge in [0.05, 0.1) is 6.17 Å². The van der Waals surface area contributed by atoms with Gasteiger partial charge in [0.25, 0.3) is 5.91 Å². The smallest absolute Gasteiger partial charge is 0.252 e. The molecule has 3 atom stereocenters. The summed E-state index contributed by atoms with van der Waals surface area (Å²) in [5.74, 6) is 0.133. The van der Waals surface area contributed by atoms with E-state index in [1.165, 1.54) is 11.1 Å². The van der Waals surface area contributed by atoms with Crippen molar-refractivity contribution in [2.45, 2.75) is 37.3 Å². The van der Waals surface area contributed by atoms with Crippen LogP contribution in [0.25, 0.3) is 0 Å². The molecule has 5 N–H and O–H groups in total. The van der Waals surface area contributed by atoms with Crippen LogP contribution in [0, 0.1) is 13.8 Å². The van der Waals surface area contributed by atoms with Crippen LogP contribution < -0.4 is 21.7 Å². The van der Waals surface area contributed by atoms with E-state index in [1.807, 2.05) is 38.1 Å². The second-order valence-electron chi connectivity index (χ2n) is 6.70. The summed E-state index contributed by atoms with van der Waals surface area (Å²) in [4.78, 5) is 24.8. The Morgan fingerprint density at radius 1 is 1.15 bits per heavy atom. The Morgan fingerprint density at radius 2 is 1.89 bits per heavy atom. The lowest BCUT2D eigenvalue weighted by Gasteiger charge is -2.35. The molecule has 0 radical (unpaired) electrons. The van der Waals surface area contributed by atoms with Gasteiger partial charge in [-0.1, -0.05) is 47.5 Å². The Hall–Kier alpha value is -2.35. The van der Waals surface area contributed by atoms with Gasteiger partial charge in [0.1, 0.15) is 11.5 Å². The minimum Gasteiger partial charge on any atom is -0.338 e. The molecule has 6 nitrogen and oxygen atoms in total. The fraction of sp³-hybridized carbons (Fsp3) is 0.300. The van der Waals surface area contributed by atoms with Gasteiger partial charge in [-0.25, -0.2) is 0 Å². The molecule has 0 aromatic heterocycles. The van der Waals surface area contributed by atoms with Gasteiger partial charge < -0.3 is 16.4 Å². The summed E-state index contributed by atoms with van der Waals surface area (Å²) < 4.78 is 0. The monoisotopic (exact) mass is 384 g/mol. The van der Waals surface area contributed by atoms with Crippen LogP contribution >= 0.6 is 11.8 Å². The number of carbonyl (C=O) groups excluding carboxylic acids is 2. The molecule has 2 aromatic carbocycles. The molecule has 0 spiro atoms. The zero-order valence-electron chi connectivity index (χ0n) is 15.4. The Balaban J connectivity index is 1.55. The summed E-state index contributed by atoms with van der Waals surface area (Å²) in [7, 11) is 0. The van der Waals surface area contributed by atoms with Gasteiger partial charge in [-0.2, -0.15) is 0 Å². The number of hydrogen-bond donors (Lipinski definition) is 4. The molecular weight excluding hydrogens is 360 g/mol. The summed E-state index contributed by atoms with van der Waals surface area (Å²) >= 11 is 1.55. The van der Waals surface area contributed by atoms with Crippen LogP contribution in [-0.2, 0) is 10.5 Å². The number of amides is 2. The second kappa shape index (κ2) is 8.56. The van der Waals surface area contributed by atoms with Crippen molar-refractivity contribution in [3.63, 3.8) is 0 Å². The van der Waals surface area contributed by atoms with Crippen molar-refractivity contribution in [1.29, 1.82) is 0 Å². The SMILES string of the molecule is Cc1ccc(C(=O)NC2C(=O)NC(SCc3cccc(C)c3)NC2N)cc1. The molecule has 2 aromatic rings. The van der Waals surface area contributed by atoms with Crippen molar-refractivity contribution in [2.24, 2.45) is 5.73 Å². The van der Waals surface area contributed by atoms with Crippen LogP contribution in [0.3, 0.4) is 0 Å². The molecular formula is C20H24N4O2S. The molecule has 1 aliphatic heterocycles. The third-order valence-corrected chi connectivity index (χ3v) is 5.45. The van der Waals surface area contributed by atoms with Gasteiger partial charge in [0, 0.05) is 11.3 Å². The van der Waals surface area contributed by atoms with E-state index in [9.17, 15) is 9.59 Å². The number of rotatable bonds is 5. The Labute approximate surface area is 163 Å². The van der Waals surface area contributed by atoms with E-state index in [0.29, 0.717) is 5.56 Å². The van der Waals surface area contributed by atoms with Crippen molar-refractivity contribution >= 4 is 23.6 Å². The quantitative estimate of drug-likeness (QED) is 0.628. The molecule has 0 bridgehead atoms. The first-order valence-electron chi connectivity index (χ1n) is 8.79. The zero-order valence-corrected chi connectivity index (χ0v) is 16.2. The van der Waals surface area contributed by atoms with Gasteiger partial charge >= 0.3 is 0 Å². The van der Waals surface area contributed by atoms with E-state index in [1.54, 1.807) is 23.9 Å². The number of nitrogens with one attached hydrogen (secondary N) is 3. The number of benzene rings is 2. The lowest BCUT2D eigenvalue weighted by Crippen LogP contribution is -2.70. The summed E-state index contributed by atoms with van der Waals surface area (Å²) in [5.41, 5.74) is 9.74. The first-order chi connectivity index (χ1) is 12.9. The molecule has 3 unspecified atom stereocenters. The highest BCUT2D eigenvalue weighted by Crippen LogP contribution is 2.18. The van der Waals surface area contributed by atoms with Crippen LogP contribution in [0.4, 0.5) is 0 Å². The van der Waals surface area contributed by atoms with Crippen molar-refractivity contribution in [3.05, 3.63) is 70.8 Å². The molecule has 1 aliphatic rings. The van der Waals surface area contributed by atoms with Crippen LogP contribution in [0.15, 0.2) is 48.5 Å². The molecule has 1 saturated heterocycles. The molecule has 27 heavy (non-hydrogen) atoms. The predicted octanol–water partition coefficient (Wildman–Crippen LogP) is 1.62. The van der Waals surface area contributed by atoms with E-state index >= 15 is 0 Å². The molecule has 2 amide bonds. The van der Waals surface area contributed by atoms with Crippen molar-refractivity contribution < 1.29 is 9.59 Å². The minimum atomic E-state index is -0.824. The first kappa shape index (κ1) is 19.4. The maximum atomic E-state index is 12.4. The Bertz CT molecular complexity index is 825. The lowest BCUT2D eigenvalue weighted by molar-refractivity contribution is -0.125. The third-order valence-electron chi connectivity index (χ3n) is 4.36. The molecule has 0 saturated carbocycles. The molecule has 3 rings (SSSR count). The van der Waals surface area contributed by atoms with E-state index in [0.717, 1.165) is 11.3 Å². The van der Waals surface area contributed by atoms with E-state index < -0.39 is 12.2 Å². The molecule has 142 valence electrons. The van der Waals surface area contributed by atoms with Gasteiger partial charge in [0.2, 0.25) is 5.91 Å². The largest absolute Gasteiger partial charge is 0.338 e. The van der Waals surface area contributed by atoms with E-state index in [-0.39, 0.29) is 17.3 Å². The van der Waals surface area contributed by atoms with E-state index in [2.05, 4.69) is 28.1 Å². The predicted molar refractivity (Wildman–Crippen MR) is 108 cm³/mol. The highest BCUT2D eigenvalue weighted by Gasteiger charge is 2.35. The number of nitrogens with two attached hydrogens (primary N) is 1. The maximum absolute atomic E-state index is 12.4. The van der Waals surface area contributed by atoms with Crippen molar-refractivity contribution in [3.8, 4) is 0 Å². The summed E-state index contributed by atoms with van der Waals surface area (Å²) in [6, 6.07) is 14.6. The standard InChI is InChI=1S/C20H24N4O2S/c1-12-6-8-15(9-7-12)18(25)22-16-17(21)23-20(24-19(16)26)27-11-14-5-3-4-13(2)10-14/h3-10,16-17,20,23H,11,21H2,1-2H3,(H,22,25)(H,24,26). The number of carbonyl (C=O) groups is 2. The van der Waals surface area contributed by atoms with Gasteiger partial charge in [-0.05, 0) is 31.5 Å². The average molecular weight is 385 g/mol. The molecule has 0 aliphatic carbocycles. The Morgan fingerprint density at radius 3 is 2.56 bits per heavy atom. The normalized spacial score (nSPS) is 22.2. The first-order valence-corrected chi connectivity index (χ1v) is 9.84.